The Morgan fingerprint density at radius 3 is 2.17 bits per heavy atom. The first-order valence-electron chi connectivity index (χ1n) is 6.15. The van der Waals surface area contributed by atoms with Gasteiger partial charge in [-0.05, 0) is 38.0 Å². The van der Waals surface area contributed by atoms with E-state index >= 15 is 0 Å². The standard InChI is InChI=1S/C8H10O.C8H12O/c1-6-3-4-8(9)7(2)5-6;1-8(2)6-4-3-5-7(8)9/h3-5,9H,1-2H3;3-5,9H,6H2,1-2H3. The molecule has 2 N–H and O–H groups in total. The van der Waals surface area contributed by atoms with E-state index in [0.29, 0.717) is 11.5 Å². The van der Waals surface area contributed by atoms with Crippen LogP contribution in [-0.4, -0.2) is 10.2 Å². The van der Waals surface area contributed by atoms with Crippen LogP contribution in [0.5, 0.6) is 5.75 Å². The number of hydrogen-bond donors (Lipinski definition) is 2. The second-order valence-electron chi connectivity index (χ2n) is 5.36. The molecule has 0 saturated heterocycles. The lowest BCUT2D eigenvalue weighted by molar-refractivity contribution is 0.257. The quantitative estimate of drug-likeness (QED) is 0.711. The Bertz CT molecular complexity index is 468. The second-order valence-corrected chi connectivity index (χ2v) is 5.36. The Morgan fingerprint density at radius 1 is 1.11 bits per heavy atom. The van der Waals surface area contributed by atoms with Crippen molar-refractivity contribution in [2.75, 3.05) is 0 Å². The third kappa shape index (κ3) is 3.95. The van der Waals surface area contributed by atoms with E-state index in [4.69, 9.17) is 5.11 Å². The van der Waals surface area contributed by atoms with Crippen molar-refractivity contribution in [3.8, 4) is 5.75 Å². The highest BCUT2D eigenvalue weighted by Gasteiger charge is 2.22. The molecule has 0 saturated carbocycles. The van der Waals surface area contributed by atoms with Crippen molar-refractivity contribution in [2.45, 2.75) is 34.1 Å². The normalized spacial score (nSPS) is 16.6. The third-order valence-electron chi connectivity index (χ3n) is 3.06. The molecule has 1 aliphatic rings. The number of phenols is 1. The number of hydrogen-bond acceptors (Lipinski definition) is 2. The van der Waals surface area contributed by atoms with Gasteiger partial charge < -0.3 is 10.2 Å². The van der Waals surface area contributed by atoms with Crippen molar-refractivity contribution < 1.29 is 10.2 Å². The SMILES string of the molecule is CC1(C)CC=CC=C1O.Cc1ccc(O)c(C)c1. The van der Waals surface area contributed by atoms with Gasteiger partial charge >= 0.3 is 0 Å². The van der Waals surface area contributed by atoms with E-state index in [1.165, 1.54) is 5.56 Å². The van der Waals surface area contributed by atoms with Crippen LogP contribution >= 0.6 is 0 Å². The van der Waals surface area contributed by atoms with Gasteiger partial charge in [-0.3, -0.25) is 0 Å². The van der Waals surface area contributed by atoms with E-state index in [2.05, 4.69) is 6.08 Å². The maximum absolute atomic E-state index is 9.25. The molecule has 2 nitrogen and oxygen atoms in total. The van der Waals surface area contributed by atoms with E-state index in [9.17, 15) is 5.11 Å². The lowest BCUT2D eigenvalue weighted by Crippen LogP contribution is -2.14. The minimum atomic E-state index is -0.0330. The average Bonchev–Trinajstić information content (AvgIpc) is 2.29. The molecule has 0 amide bonds. The van der Waals surface area contributed by atoms with Gasteiger partial charge in [-0.15, -0.1) is 0 Å². The van der Waals surface area contributed by atoms with Crippen molar-refractivity contribution in [1.29, 1.82) is 0 Å². The fourth-order valence-corrected chi connectivity index (χ4v) is 1.66. The molecule has 2 rings (SSSR count). The number of aryl methyl sites for hydroxylation is 2. The molecular weight excluding hydrogens is 224 g/mol. The molecular formula is C16H22O2. The van der Waals surface area contributed by atoms with Gasteiger partial charge in [-0.25, -0.2) is 0 Å². The zero-order chi connectivity index (χ0) is 13.8. The van der Waals surface area contributed by atoms with Crippen LogP contribution in [0, 0.1) is 19.3 Å². The largest absolute Gasteiger partial charge is 0.512 e. The first kappa shape index (κ1) is 14.4. The number of aliphatic hydroxyl groups is 1. The van der Waals surface area contributed by atoms with Crippen LogP contribution in [0.3, 0.4) is 0 Å². The number of aromatic hydroxyl groups is 1. The van der Waals surface area contributed by atoms with Gasteiger partial charge in [0.25, 0.3) is 0 Å². The van der Waals surface area contributed by atoms with Gasteiger partial charge in [0.1, 0.15) is 5.75 Å². The summed E-state index contributed by atoms with van der Waals surface area (Å²) in [7, 11) is 0. The molecule has 0 bridgehead atoms. The Hall–Kier alpha value is -1.70. The van der Waals surface area contributed by atoms with Crippen LogP contribution in [0.2, 0.25) is 0 Å². The average molecular weight is 246 g/mol. The molecule has 0 radical (unpaired) electrons. The molecule has 1 aliphatic carbocycles. The zero-order valence-corrected chi connectivity index (χ0v) is 11.6. The Labute approximate surface area is 109 Å². The van der Waals surface area contributed by atoms with Crippen molar-refractivity contribution in [2.24, 2.45) is 5.41 Å². The third-order valence-corrected chi connectivity index (χ3v) is 3.06. The van der Waals surface area contributed by atoms with Crippen LogP contribution in [0.15, 0.2) is 42.2 Å². The summed E-state index contributed by atoms with van der Waals surface area (Å²) in [5, 5.41) is 18.3. The predicted octanol–water partition coefficient (Wildman–Crippen LogP) is 4.42. The Kier molecular flexibility index (Phi) is 4.60. The number of rotatable bonds is 0. The first-order chi connectivity index (χ1) is 8.33. The highest BCUT2D eigenvalue weighted by Crippen LogP contribution is 2.31. The van der Waals surface area contributed by atoms with Gasteiger partial charge in [0.05, 0.1) is 5.76 Å². The summed E-state index contributed by atoms with van der Waals surface area (Å²) in [6, 6.07) is 5.56. The molecule has 18 heavy (non-hydrogen) atoms. The van der Waals surface area contributed by atoms with Gasteiger partial charge in [0.2, 0.25) is 0 Å². The topological polar surface area (TPSA) is 40.5 Å². The minimum absolute atomic E-state index is 0.0330. The van der Waals surface area contributed by atoms with Crippen LogP contribution in [-0.2, 0) is 0 Å². The van der Waals surface area contributed by atoms with Crippen molar-refractivity contribution >= 4 is 0 Å². The maximum atomic E-state index is 9.25. The van der Waals surface area contributed by atoms with E-state index < -0.39 is 0 Å². The molecule has 0 aromatic heterocycles. The molecule has 0 spiro atoms. The second kappa shape index (κ2) is 5.76. The van der Waals surface area contributed by atoms with Crippen molar-refractivity contribution in [3.63, 3.8) is 0 Å². The molecule has 1 aromatic carbocycles. The minimum Gasteiger partial charge on any atom is -0.512 e. The molecule has 0 fully saturated rings. The first-order valence-corrected chi connectivity index (χ1v) is 6.15. The van der Waals surface area contributed by atoms with Crippen LogP contribution < -0.4 is 0 Å². The number of aliphatic hydroxyl groups excluding tert-OH is 1. The number of benzene rings is 1. The summed E-state index contributed by atoms with van der Waals surface area (Å²) < 4.78 is 0. The molecule has 0 unspecified atom stereocenters. The smallest absolute Gasteiger partial charge is 0.118 e. The molecule has 0 aliphatic heterocycles. The van der Waals surface area contributed by atoms with E-state index in [-0.39, 0.29) is 5.41 Å². The fourth-order valence-electron chi connectivity index (χ4n) is 1.66. The lowest BCUT2D eigenvalue weighted by Gasteiger charge is -2.23. The molecule has 98 valence electrons. The summed E-state index contributed by atoms with van der Waals surface area (Å²) >= 11 is 0. The van der Waals surface area contributed by atoms with Crippen LogP contribution in [0.25, 0.3) is 0 Å². The summed E-state index contributed by atoms with van der Waals surface area (Å²) in [4.78, 5) is 0. The van der Waals surface area contributed by atoms with Gasteiger partial charge in [0, 0.05) is 5.41 Å². The highest BCUT2D eigenvalue weighted by molar-refractivity contribution is 5.34. The molecule has 0 atom stereocenters. The monoisotopic (exact) mass is 246 g/mol. The van der Waals surface area contributed by atoms with Gasteiger partial charge in [-0.1, -0.05) is 43.7 Å². The Morgan fingerprint density at radius 2 is 1.78 bits per heavy atom. The van der Waals surface area contributed by atoms with E-state index in [0.717, 1.165) is 12.0 Å². The molecule has 2 heteroatoms. The molecule has 0 heterocycles. The zero-order valence-electron chi connectivity index (χ0n) is 11.6. The Balaban J connectivity index is 0.000000180. The van der Waals surface area contributed by atoms with E-state index in [1.54, 1.807) is 12.1 Å². The summed E-state index contributed by atoms with van der Waals surface area (Å²) in [6.45, 7) is 7.96. The van der Waals surface area contributed by atoms with Gasteiger partial charge in [0.15, 0.2) is 0 Å². The van der Waals surface area contributed by atoms with Gasteiger partial charge in [-0.2, -0.15) is 0 Å². The van der Waals surface area contributed by atoms with Crippen LogP contribution in [0.4, 0.5) is 0 Å². The van der Waals surface area contributed by atoms with Crippen molar-refractivity contribution in [1.82, 2.24) is 0 Å². The number of phenolic OH excluding ortho intramolecular Hbond substituents is 1. The van der Waals surface area contributed by atoms with Crippen LogP contribution in [0.1, 0.15) is 31.4 Å². The van der Waals surface area contributed by atoms with E-state index in [1.807, 2.05) is 45.9 Å². The summed E-state index contributed by atoms with van der Waals surface area (Å²) in [6.07, 6.45) is 6.65. The maximum Gasteiger partial charge on any atom is 0.118 e. The summed E-state index contributed by atoms with van der Waals surface area (Å²) in [5.41, 5.74) is 2.09. The predicted molar refractivity (Wildman–Crippen MR) is 75.8 cm³/mol. The van der Waals surface area contributed by atoms with Crippen molar-refractivity contribution in [3.05, 3.63) is 53.3 Å². The lowest BCUT2D eigenvalue weighted by atomic mass is 9.84. The fraction of sp³-hybridized carbons (Fsp3) is 0.375. The number of allylic oxidation sites excluding steroid dienone is 4. The molecule has 1 aromatic rings. The highest BCUT2D eigenvalue weighted by atomic mass is 16.3. The summed E-state index contributed by atoms with van der Waals surface area (Å²) in [5.74, 6) is 0.866.